The van der Waals surface area contributed by atoms with Gasteiger partial charge in [0.25, 0.3) is 0 Å². The second kappa shape index (κ2) is 6.42. The molecule has 0 aromatic carbocycles. The van der Waals surface area contributed by atoms with Crippen LogP contribution < -0.4 is 5.32 Å². The predicted octanol–water partition coefficient (Wildman–Crippen LogP) is 3.20. The third-order valence-electron chi connectivity index (χ3n) is 2.96. The molecule has 1 fully saturated rings. The summed E-state index contributed by atoms with van der Waals surface area (Å²) in [5.41, 5.74) is 0. The number of hydrogen-bond donors (Lipinski definition) is 1. The van der Waals surface area contributed by atoms with E-state index in [4.69, 9.17) is 0 Å². The van der Waals surface area contributed by atoms with Crippen LogP contribution in [-0.4, -0.2) is 13.1 Å². The quantitative estimate of drug-likeness (QED) is 0.660. The van der Waals surface area contributed by atoms with E-state index in [1.165, 1.54) is 51.6 Å². The van der Waals surface area contributed by atoms with E-state index in [1.807, 2.05) is 0 Å². The van der Waals surface area contributed by atoms with Gasteiger partial charge in [0.2, 0.25) is 0 Å². The minimum atomic E-state index is 0.797. The summed E-state index contributed by atoms with van der Waals surface area (Å²) in [4.78, 5) is 0. The molecule has 1 heteroatoms. The molecule has 0 atom stereocenters. The van der Waals surface area contributed by atoms with E-state index in [0.717, 1.165) is 11.8 Å². The van der Waals surface area contributed by atoms with Crippen molar-refractivity contribution >= 4 is 0 Å². The summed E-state index contributed by atoms with van der Waals surface area (Å²) in [6.07, 6.45) is 8.81. The molecule has 0 saturated heterocycles. The summed E-state index contributed by atoms with van der Waals surface area (Å²) in [5.74, 6) is 1.77. The van der Waals surface area contributed by atoms with Crippen LogP contribution in [0.1, 0.15) is 52.4 Å². The Hall–Kier alpha value is -0.0400. The molecule has 1 aliphatic rings. The van der Waals surface area contributed by atoms with Gasteiger partial charge in [0.05, 0.1) is 0 Å². The zero-order valence-electron chi connectivity index (χ0n) is 9.31. The van der Waals surface area contributed by atoms with Gasteiger partial charge < -0.3 is 5.32 Å². The molecular weight excluding hydrogens is 158 g/mol. The maximum atomic E-state index is 3.58. The fourth-order valence-electron chi connectivity index (χ4n) is 2.14. The first-order chi connectivity index (χ1) is 6.29. The lowest BCUT2D eigenvalue weighted by Crippen LogP contribution is -2.26. The molecule has 0 radical (unpaired) electrons. The van der Waals surface area contributed by atoms with E-state index < -0.39 is 0 Å². The van der Waals surface area contributed by atoms with E-state index in [-0.39, 0.29) is 0 Å². The zero-order chi connectivity index (χ0) is 9.52. The highest BCUT2D eigenvalue weighted by Crippen LogP contribution is 2.21. The topological polar surface area (TPSA) is 12.0 Å². The van der Waals surface area contributed by atoms with Gasteiger partial charge in [0.15, 0.2) is 0 Å². The molecule has 0 spiro atoms. The Kier molecular flexibility index (Phi) is 5.45. The first-order valence-electron chi connectivity index (χ1n) is 5.99. The average molecular weight is 183 g/mol. The van der Waals surface area contributed by atoms with Crippen LogP contribution in [0.3, 0.4) is 0 Å². The molecule has 1 rings (SSSR count). The smallest absolute Gasteiger partial charge is 0.00204 e. The molecule has 0 aromatic heterocycles. The Labute approximate surface area is 83.3 Å². The fraction of sp³-hybridized carbons (Fsp3) is 1.00. The van der Waals surface area contributed by atoms with Gasteiger partial charge in [0, 0.05) is 0 Å². The Morgan fingerprint density at radius 3 is 2.23 bits per heavy atom. The van der Waals surface area contributed by atoms with E-state index >= 15 is 0 Å². The summed E-state index contributed by atoms with van der Waals surface area (Å²) in [5, 5.41) is 3.58. The van der Waals surface area contributed by atoms with Gasteiger partial charge in [-0.15, -0.1) is 0 Å². The van der Waals surface area contributed by atoms with E-state index in [9.17, 15) is 0 Å². The van der Waals surface area contributed by atoms with Crippen LogP contribution in [0.5, 0.6) is 0 Å². The predicted molar refractivity (Wildman–Crippen MR) is 58.9 cm³/mol. The highest BCUT2D eigenvalue weighted by Gasteiger charge is 2.11. The normalized spacial score (nSPS) is 20.5. The monoisotopic (exact) mass is 183 g/mol. The molecule has 78 valence electrons. The van der Waals surface area contributed by atoms with Crippen LogP contribution >= 0.6 is 0 Å². The van der Waals surface area contributed by atoms with Gasteiger partial charge in [-0.1, -0.05) is 39.5 Å². The summed E-state index contributed by atoms with van der Waals surface area (Å²) in [7, 11) is 0. The molecule has 1 aliphatic carbocycles. The molecule has 0 amide bonds. The second-order valence-corrected chi connectivity index (χ2v) is 4.91. The summed E-state index contributed by atoms with van der Waals surface area (Å²) in [6.45, 7) is 7.01. The lowest BCUT2D eigenvalue weighted by molar-refractivity contribution is 0.410. The van der Waals surface area contributed by atoms with Gasteiger partial charge in [0.1, 0.15) is 0 Å². The molecule has 0 unspecified atom stereocenters. The molecule has 0 heterocycles. The fourth-order valence-corrected chi connectivity index (χ4v) is 2.14. The van der Waals surface area contributed by atoms with Crippen molar-refractivity contribution in [1.82, 2.24) is 5.32 Å². The first-order valence-corrected chi connectivity index (χ1v) is 5.99. The minimum Gasteiger partial charge on any atom is -0.316 e. The number of rotatable bonds is 4. The Balaban J connectivity index is 2.05. The molecule has 1 saturated carbocycles. The minimum absolute atomic E-state index is 0.797. The highest BCUT2D eigenvalue weighted by atomic mass is 14.9. The van der Waals surface area contributed by atoms with Crippen molar-refractivity contribution in [2.75, 3.05) is 13.1 Å². The maximum Gasteiger partial charge on any atom is -0.00204 e. The van der Waals surface area contributed by atoms with Crippen LogP contribution in [-0.2, 0) is 0 Å². The van der Waals surface area contributed by atoms with Crippen LogP contribution in [0.15, 0.2) is 0 Å². The van der Waals surface area contributed by atoms with Crippen molar-refractivity contribution in [1.29, 1.82) is 0 Å². The number of nitrogens with one attached hydrogen (secondary N) is 1. The van der Waals surface area contributed by atoms with E-state index in [2.05, 4.69) is 19.2 Å². The van der Waals surface area contributed by atoms with Crippen molar-refractivity contribution in [3.8, 4) is 0 Å². The van der Waals surface area contributed by atoms with Gasteiger partial charge in [-0.05, 0) is 37.8 Å². The largest absolute Gasteiger partial charge is 0.316 e. The standard InChI is InChI=1S/C12H25N/c1-11(2)9-13-10-12-7-5-3-4-6-8-12/h11-13H,3-10H2,1-2H3. The summed E-state index contributed by atoms with van der Waals surface area (Å²) < 4.78 is 0. The van der Waals surface area contributed by atoms with Crippen molar-refractivity contribution in [3.63, 3.8) is 0 Å². The molecule has 1 nitrogen and oxygen atoms in total. The molecule has 0 bridgehead atoms. The Bertz CT molecular complexity index is 112. The van der Waals surface area contributed by atoms with Crippen LogP contribution in [0, 0.1) is 11.8 Å². The second-order valence-electron chi connectivity index (χ2n) is 4.91. The van der Waals surface area contributed by atoms with Crippen molar-refractivity contribution in [2.24, 2.45) is 11.8 Å². The van der Waals surface area contributed by atoms with Crippen LogP contribution in [0.2, 0.25) is 0 Å². The summed E-state index contributed by atoms with van der Waals surface area (Å²) >= 11 is 0. The van der Waals surface area contributed by atoms with Crippen LogP contribution in [0.4, 0.5) is 0 Å². The van der Waals surface area contributed by atoms with Gasteiger partial charge >= 0.3 is 0 Å². The van der Waals surface area contributed by atoms with Gasteiger partial charge in [-0.25, -0.2) is 0 Å². The average Bonchev–Trinajstić information content (AvgIpc) is 2.32. The Morgan fingerprint density at radius 1 is 1.08 bits per heavy atom. The zero-order valence-corrected chi connectivity index (χ0v) is 9.31. The van der Waals surface area contributed by atoms with Crippen molar-refractivity contribution in [2.45, 2.75) is 52.4 Å². The number of hydrogen-bond acceptors (Lipinski definition) is 1. The van der Waals surface area contributed by atoms with Crippen molar-refractivity contribution < 1.29 is 0 Å². The molecule has 13 heavy (non-hydrogen) atoms. The van der Waals surface area contributed by atoms with E-state index in [0.29, 0.717) is 0 Å². The Morgan fingerprint density at radius 2 is 1.69 bits per heavy atom. The van der Waals surface area contributed by atoms with Crippen LogP contribution in [0.25, 0.3) is 0 Å². The van der Waals surface area contributed by atoms with E-state index in [1.54, 1.807) is 0 Å². The lowest BCUT2D eigenvalue weighted by Gasteiger charge is -2.15. The molecule has 0 aliphatic heterocycles. The maximum absolute atomic E-state index is 3.58. The molecule has 1 N–H and O–H groups in total. The van der Waals surface area contributed by atoms with Crippen molar-refractivity contribution in [3.05, 3.63) is 0 Å². The molecular formula is C12H25N. The third-order valence-corrected chi connectivity index (χ3v) is 2.96. The first kappa shape index (κ1) is 11.0. The molecule has 0 aromatic rings. The highest BCUT2D eigenvalue weighted by molar-refractivity contribution is 4.67. The third kappa shape index (κ3) is 5.30. The van der Waals surface area contributed by atoms with Gasteiger partial charge in [-0.2, -0.15) is 0 Å². The lowest BCUT2D eigenvalue weighted by atomic mass is 10.0. The SMILES string of the molecule is CC(C)CNCC1CCCCCC1. The summed E-state index contributed by atoms with van der Waals surface area (Å²) in [6, 6.07) is 0. The van der Waals surface area contributed by atoms with Gasteiger partial charge in [-0.3, -0.25) is 0 Å².